The molecule has 0 bridgehead atoms. The molecule has 0 atom stereocenters. The summed E-state index contributed by atoms with van der Waals surface area (Å²) >= 11 is 5.84. The lowest BCUT2D eigenvalue weighted by Gasteiger charge is -2.20. The Morgan fingerprint density at radius 1 is 1.07 bits per heavy atom. The van der Waals surface area contributed by atoms with Crippen molar-refractivity contribution in [3.05, 3.63) is 58.9 Å². The van der Waals surface area contributed by atoms with E-state index in [1.165, 1.54) is 12.1 Å². The van der Waals surface area contributed by atoms with Gasteiger partial charge in [0.05, 0.1) is 17.0 Å². The third kappa shape index (κ3) is 3.83. The van der Waals surface area contributed by atoms with Gasteiger partial charge in [-0.3, -0.25) is 0 Å². The molecule has 28 heavy (non-hydrogen) atoms. The number of aryl methyl sites for hydroxylation is 1. The summed E-state index contributed by atoms with van der Waals surface area (Å²) in [5, 5.41) is 1.49. The average molecular weight is 417 g/mol. The number of fused-ring (bicyclic) bond motifs is 1. The molecule has 0 radical (unpaired) electrons. The number of rotatable bonds is 5. The Kier molecular flexibility index (Phi) is 5.23. The molecule has 3 aromatic rings. The third-order valence-corrected chi connectivity index (χ3v) is 6.57. The molecule has 0 spiro atoms. The number of nitrogens with one attached hydrogen (secondary N) is 1. The first kappa shape index (κ1) is 19.1. The normalized spacial score (nSPS) is 14.7. The van der Waals surface area contributed by atoms with Crippen LogP contribution in [0.1, 0.15) is 24.2 Å². The van der Waals surface area contributed by atoms with E-state index in [4.69, 9.17) is 16.6 Å². The van der Waals surface area contributed by atoms with Gasteiger partial charge in [-0.25, -0.2) is 23.1 Å². The average Bonchev–Trinajstić information content (AvgIpc) is 3.21. The molecular formula is C20H21ClN4O2S. The Morgan fingerprint density at radius 3 is 2.50 bits per heavy atom. The lowest BCUT2D eigenvalue weighted by molar-refractivity contribution is 0.579. The number of anilines is 1. The minimum Gasteiger partial charge on any atom is -0.356 e. The number of para-hydroxylation sites is 1. The van der Waals surface area contributed by atoms with Crippen molar-refractivity contribution in [2.45, 2.75) is 31.2 Å². The van der Waals surface area contributed by atoms with Crippen LogP contribution in [0.25, 0.3) is 10.9 Å². The van der Waals surface area contributed by atoms with E-state index < -0.39 is 10.0 Å². The van der Waals surface area contributed by atoms with Gasteiger partial charge >= 0.3 is 0 Å². The van der Waals surface area contributed by atoms with Crippen molar-refractivity contribution in [2.75, 3.05) is 18.0 Å². The van der Waals surface area contributed by atoms with Crippen molar-refractivity contribution in [1.29, 1.82) is 0 Å². The summed E-state index contributed by atoms with van der Waals surface area (Å²) in [5.41, 5.74) is 1.90. The summed E-state index contributed by atoms with van der Waals surface area (Å²) in [6, 6.07) is 12.1. The van der Waals surface area contributed by atoms with Gasteiger partial charge in [0.15, 0.2) is 0 Å². The second-order valence-electron chi connectivity index (χ2n) is 6.91. The van der Waals surface area contributed by atoms with Crippen LogP contribution in [0.15, 0.2) is 47.4 Å². The molecular weight excluding hydrogens is 396 g/mol. The van der Waals surface area contributed by atoms with Crippen LogP contribution in [0.3, 0.4) is 0 Å². The maximum absolute atomic E-state index is 12.6. The molecule has 0 amide bonds. The van der Waals surface area contributed by atoms with E-state index in [0.717, 1.165) is 48.2 Å². The zero-order valence-corrected chi connectivity index (χ0v) is 17.1. The van der Waals surface area contributed by atoms with Crippen LogP contribution in [0.4, 0.5) is 5.82 Å². The Labute approximate surface area is 169 Å². The molecule has 1 fully saturated rings. The van der Waals surface area contributed by atoms with E-state index in [1.807, 2.05) is 25.1 Å². The van der Waals surface area contributed by atoms with Crippen LogP contribution >= 0.6 is 11.6 Å². The van der Waals surface area contributed by atoms with Crippen LogP contribution < -0.4 is 9.62 Å². The van der Waals surface area contributed by atoms with Crippen molar-refractivity contribution in [1.82, 2.24) is 14.7 Å². The van der Waals surface area contributed by atoms with Crippen molar-refractivity contribution < 1.29 is 8.42 Å². The molecule has 0 aliphatic carbocycles. The largest absolute Gasteiger partial charge is 0.356 e. The van der Waals surface area contributed by atoms with E-state index in [-0.39, 0.29) is 11.4 Å². The standard InChI is InChI=1S/C20H21ClN4O2S/c1-14-5-4-6-17-19(14)23-18(24-20(17)25-11-2-3-12-25)13-22-28(26,27)16-9-7-15(21)8-10-16/h4-10,22H,2-3,11-13H2,1H3. The Balaban J connectivity index is 1.67. The number of benzene rings is 2. The Morgan fingerprint density at radius 2 is 1.79 bits per heavy atom. The van der Waals surface area contributed by atoms with Crippen LogP contribution in [0, 0.1) is 6.92 Å². The zero-order chi connectivity index (χ0) is 19.7. The number of halogens is 1. The van der Waals surface area contributed by atoms with Gasteiger partial charge in [-0.15, -0.1) is 0 Å². The van der Waals surface area contributed by atoms with Gasteiger partial charge in [0, 0.05) is 23.5 Å². The van der Waals surface area contributed by atoms with Gasteiger partial charge in [0.25, 0.3) is 0 Å². The van der Waals surface area contributed by atoms with Gasteiger partial charge < -0.3 is 4.90 Å². The lowest BCUT2D eigenvalue weighted by atomic mass is 10.1. The van der Waals surface area contributed by atoms with E-state index in [9.17, 15) is 8.42 Å². The van der Waals surface area contributed by atoms with Gasteiger partial charge in [0.1, 0.15) is 11.6 Å². The molecule has 1 aromatic heterocycles. The molecule has 8 heteroatoms. The highest BCUT2D eigenvalue weighted by Gasteiger charge is 2.20. The van der Waals surface area contributed by atoms with Crippen LogP contribution in [-0.2, 0) is 16.6 Å². The summed E-state index contributed by atoms with van der Waals surface area (Å²) in [6.45, 7) is 3.94. The zero-order valence-electron chi connectivity index (χ0n) is 15.5. The Bertz CT molecular complexity index is 1110. The van der Waals surface area contributed by atoms with Crippen molar-refractivity contribution in [2.24, 2.45) is 0 Å². The number of hydrogen-bond acceptors (Lipinski definition) is 5. The van der Waals surface area contributed by atoms with E-state index >= 15 is 0 Å². The van der Waals surface area contributed by atoms with Gasteiger partial charge in [0.2, 0.25) is 10.0 Å². The second kappa shape index (κ2) is 7.66. The fraction of sp³-hybridized carbons (Fsp3) is 0.300. The first-order chi connectivity index (χ1) is 13.4. The molecule has 1 saturated heterocycles. The monoisotopic (exact) mass is 416 g/mol. The Hall–Kier alpha value is -2.22. The van der Waals surface area contributed by atoms with Crippen LogP contribution in [-0.4, -0.2) is 31.5 Å². The molecule has 4 rings (SSSR count). The van der Waals surface area contributed by atoms with Gasteiger partial charge in [-0.1, -0.05) is 23.7 Å². The molecule has 1 N–H and O–H groups in total. The minimum absolute atomic E-state index is 0.0239. The topological polar surface area (TPSA) is 75.2 Å². The summed E-state index contributed by atoms with van der Waals surface area (Å²) in [5.74, 6) is 1.34. The van der Waals surface area contributed by atoms with Gasteiger partial charge in [-0.2, -0.15) is 0 Å². The maximum Gasteiger partial charge on any atom is 0.240 e. The van der Waals surface area contributed by atoms with E-state index in [2.05, 4.69) is 14.6 Å². The molecule has 6 nitrogen and oxygen atoms in total. The number of hydrogen-bond donors (Lipinski definition) is 1. The van der Waals surface area contributed by atoms with Crippen molar-refractivity contribution in [3.8, 4) is 0 Å². The van der Waals surface area contributed by atoms with Gasteiger partial charge in [-0.05, 0) is 55.7 Å². The molecule has 2 aromatic carbocycles. The van der Waals surface area contributed by atoms with E-state index in [0.29, 0.717) is 10.8 Å². The molecule has 1 aliphatic rings. The molecule has 0 unspecified atom stereocenters. The third-order valence-electron chi connectivity index (χ3n) is 4.90. The predicted octanol–water partition coefficient (Wildman–Crippen LogP) is 3.67. The number of sulfonamides is 1. The first-order valence-corrected chi connectivity index (χ1v) is 11.1. The molecule has 2 heterocycles. The smallest absolute Gasteiger partial charge is 0.240 e. The fourth-order valence-corrected chi connectivity index (χ4v) is 4.54. The summed E-state index contributed by atoms with van der Waals surface area (Å²) in [7, 11) is -3.67. The summed E-state index contributed by atoms with van der Waals surface area (Å²) in [6.07, 6.45) is 2.27. The van der Waals surface area contributed by atoms with Crippen LogP contribution in [0.5, 0.6) is 0 Å². The van der Waals surface area contributed by atoms with E-state index in [1.54, 1.807) is 12.1 Å². The number of nitrogens with zero attached hydrogens (tertiary/aromatic N) is 3. The summed E-state index contributed by atoms with van der Waals surface area (Å²) < 4.78 is 27.7. The number of aromatic nitrogens is 2. The van der Waals surface area contributed by atoms with Crippen molar-refractivity contribution in [3.63, 3.8) is 0 Å². The highest BCUT2D eigenvalue weighted by atomic mass is 35.5. The minimum atomic E-state index is -3.67. The lowest BCUT2D eigenvalue weighted by Crippen LogP contribution is -2.26. The van der Waals surface area contributed by atoms with Crippen molar-refractivity contribution >= 4 is 38.3 Å². The maximum atomic E-state index is 12.6. The van der Waals surface area contributed by atoms with Crippen LogP contribution in [0.2, 0.25) is 5.02 Å². The predicted molar refractivity (Wildman–Crippen MR) is 111 cm³/mol. The first-order valence-electron chi connectivity index (χ1n) is 9.20. The molecule has 146 valence electrons. The summed E-state index contributed by atoms with van der Waals surface area (Å²) in [4.78, 5) is 11.7. The second-order valence-corrected chi connectivity index (χ2v) is 9.11. The molecule has 1 aliphatic heterocycles. The quantitative estimate of drug-likeness (QED) is 0.686. The SMILES string of the molecule is Cc1cccc2c(N3CCCC3)nc(CNS(=O)(=O)c3ccc(Cl)cc3)nc12. The highest BCUT2D eigenvalue weighted by Crippen LogP contribution is 2.28. The highest BCUT2D eigenvalue weighted by molar-refractivity contribution is 7.89. The fourth-order valence-electron chi connectivity index (χ4n) is 3.43. The molecule has 0 saturated carbocycles.